The molecule has 1 aliphatic rings. The van der Waals surface area contributed by atoms with Gasteiger partial charge in [-0.3, -0.25) is 0 Å². The van der Waals surface area contributed by atoms with Gasteiger partial charge in [0.2, 0.25) is 0 Å². The Bertz CT molecular complexity index is 1660. The minimum Gasteiger partial charge on any atom is -0.355 e. The second-order valence-corrected chi connectivity index (χ2v) is 9.41. The van der Waals surface area contributed by atoms with Gasteiger partial charge in [0.05, 0.1) is 5.41 Å². The van der Waals surface area contributed by atoms with Crippen LogP contribution in [0.15, 0.2) is 146 Å². The summed E-state index contributed by atoms with van der Waals surface area (Å²) >= 11 is 0. The van der Waals surface area contributed by atoms with Gasteiger partial charge in [0.25, 0.3) is 0 Å². The van der Waals surface area contributed by atoms with Crippen LogP contribution in [-0.2, 0) is 5.41 Å². The molecule has 0 saturated carbocycles. The molecule has 1 aliphatic carbocycles. The standard InChI is InChI=1S/C35H25N/c1-3-15-26(16-4-1)35(27-17-5-2-6-18-27)30-21-10-9-20-29(30)34-31(35)22-12-24-33(34)36-32-23-11-14-25-13-7-8-19-28(25)32/h1-24,36H. The molecule has 6 aromatic carbocycles. The zero-order chi connectivity index (χ0) is 24.0. The number of fused-ring (bicyclic) bond motifs is 4. The lowest BCUT2D eigenvalue weighted by molar-refractivity contribution is 0.768. The zero-order valence-electron chi connectivity index (χ0n) is 19.9. The van der Waals surface area contributed by atoms with E-state index in [1.54, 1.807) is 0 Å². The minimum atomic E-state index is -0.384. The quantitative estimate of drug-likeness (QED) is 0.277. The Morgan fingerprint density at radius 3 is 1.75 bits per heavy atom. The molecule has 1 N–H and O–H groups in total. The van der Waals surface area contributed by atoms with Crippen LogP contribution in [0.4, 0.5) is 11.4 Å². The first-order valence-corrected chi connectivity index (χ1v) is 12.5. The molecule has 7 rings (SSSR count). The van der Waals surface area contributed by atoms with Crippen molar-refractivity contribution in [2.24, 2.45) is 0 Å². The first-order valence-electron chi connectivity index (χ1n) is 12.5. The van der Waals surface area contributed by atoms with Gasteiger partial charge in [0, 0.05) is 22.3 Å². The summed E-state index contributed by atoms with van der Waals surface area (Å²) in [6.45, 7) is 0. The molecular weight excluding hydrogens is 434 g/mol. The maximum absolute atomic E-state index is 3.83. The van der Waals surface area contributed by atoms with Crippen LogP contribution in [0.25, 0.3) is 21.9 Å². The first kappa shape index (κ1) is 20.7. The maximum atomic E-state index is 3.83. The third kappa shape index (κ3) is 2.96. The number of rotatable bonds is 4. The van der Waals surface area contributed by atoms with E-state index in [4.69, 9.17) is 0 Å². The molecule has 0 atom stereocenters. The Morgan fingerprint density at radius 2 is 0.972 bits per heavy atom. The third-order valence-electron chi connectivity index (χ3n) is 7.54. The highest BCUT2D eigenvalue weighted by Gasteiger charge is 2.46. The van der Waals surface area contributed by atoms with Crippen LogP contribution in [0.2, 0.25) is 0 Å². The van der Waals surface area contributed by atoms with Crippen molar-refractivity contribution in [3.8, 4) is 11.1 Å². The number of hydrogen-bond donors (Lipinski definition) is 1. The molecular formula is C35H25N. The number of nitrogens with one attached hydrogen (secondary N) is 1. The van der Waals surface area contributed by atoms with Crippen LogP contribution < -0.4 is 5.32 Å². The van der Waals surface area contributed by atoms with Crippen molar-refractivity contribution in [3.05, 3.63) is 168 Å². The van der Waals surface area contributed by atoms with Crippen molar-refractivity contribution in [2.45, 2.75) is 5.41 Å². The lowest BCUT2D eigenvalue weighted by atomic mass is 9.68. The van der Waals surface area contributed by atoms with E-state index >= 15 is 0 Å². The van der Waals surface area contributed by atoms with E-state index in [-0.39, 0.29) is 5.41 Å². The second kappa shape index (κ2) is 8.25. The molecule has 0 heterocycles. The van der Waals surface area contributed by atoms with Crippen molar-refractivity contribution < 1.29 is 0 Å². The third-order valence-corrected chi connectivity index (χ3v) is 7.54. The van der Waals surface area contributed by atoms with E-state index in [9.17, 15) is 0 Å². The molecule has 0 aromatic heterocycles. The fourth-order valence-electron chi connectivity index (χ4n) is 6.08. The minimum absolute atomic E-state index is 0.384. The van der Waals surface area contributed by atoms with Crippen molar-refractivity contribution in [3.63, 3.8) is 0 Å². The lowest BCUT2D eigenvalue weighted by Crippen LogP contribution is -2.28. The van der Waals surface area contributed by atoms with Crippen LogP contribution in [0.1, 0.15) is 22.3 Å². The predicted molar refractivity (Wildman–Crippen MR) is 151 cm³/mol. The fraction of sp³-hybridized carbons (Fsp3) is 0.0286. The highest BCUT2D eigenvalue weighted by Crippen LogP contribution is 2.58. The summed E-state index contributed by atoms with van der Waals surface area (Å²) in [4.78, 5) is 0. The largest absolute Gasteiger partial charge is 0.355 e. The van der Waals surface area contributed by atoms with Gasteiger partial charge in [-0.2, -0.15) is 0 Å². The van der Waals surface area contributed by atoms with Crippen LogP contribution >= 0.6 is 0 Å². The van der Waals surface area contributed by atoms with E-state index in [1.807, 2.05) is 0 Å². The van der Waals surface area contributed by atoms with Gasteiger partial charge < -0.3 is 5.32 Å². The molecule has 0 bridgehead atoms. The second-order valence-electron chi connectivity index (χ2n) is 9.41. The Labute approximate surface area is 211 Å². The Kier molecular flexibility index (Phi) is 4.75. The molecule has 0 unspecified atom stereocenters. The average molecular weight is 460 g/mol. The molecule has 0 aliphatic heterocycles. The summed E-state index contributed by atoms with van der Waals surface area (Å²) in [6, 6.07) is 52.5. The van der Waals surface area contributed by atoms with Crippen LogP contribution in [0.3, 0.4) is 0 Å². The topological polar surface area (TPSA) is 12.0 Å². The highest BCUT2D eigenvalue weighted by atomic mass is 14.9. The Balaban J connectivity index is 1.53. The van der Waals surface area contributed by atoms with Crippen LogP contribution in [-0.4, -0.2) is 0 Å². The summed E-state index contributed by atoms with van der Waals surface area (Å²) in [6.07, 6.45) is 0. The van der Waals surface area contributed by atoms with Gasteiger partial charge >= 0.3 is 0 Å². The van der Waals surface area contributed by atoms with Crippen molar-refractivity contribution >= 4 is 22.1 Å². The lowest BCUT2D eigenvalue weighted by Gasteiger charge is -2.34. The molecule has 36 heavy (non-hydrogen) atoms. The summed E-state index contributed by atoms with van der Waals surface area (Å²) in [5, 5.41) is 6.29. The fourth-order valence-corrected chi connectivity index (χ4v) is 6.08. The van der Waals surface area contributed by atoms with Crippen molar-refractivity contribution in [2.75, 3.05) is 5.32 Å². The molecule has 1 heteroatoms. The van der Waals surface area contributed by atoms with E-state index < -0.39 is 0 Å². The normalized spacial score (nSPS) is 13.2. The van der Waals surface area contributed by atoms with Gasteiger partial charge in [0.15, 0.2) is 0 Å². The average Bonchev–Trinajstić information content (AvgIpc) is 3.26. The first-order chi connectivity index (χ1) is 17.9. The van der Waals surface area contributed by atoms with E-state index in [1.165, 1.54) is 44.2 Å². The molecule has 1 nitrogen and oxygen atoms in total. The van der Waals surface area contributed by atoms with Gasteiger partial charge in [-0.05, 0) is 45.3 Å². The predicted octanol–water partition coefficient (Wildman–Crippen LogP) is 8.95. The van der Waals surface area contributed by atoms with Crippen LogP contribution in [0, 0.1) is 0 Å². The summed E-state index contributed by atoms with van der Waals surface area (Å²) in [5.74, 6) is 0. The van der Waals surface area contributed by atoms with E-state index in [0.717, 1.165) is 11.4 Å². The molecule has 6 aromatic rings. The summed E-state index contributed by atoms with van der Waals surface area (Å²) < 4.78 is 0. The SMILES string of the molecule is c1ccc(C2(c3ccccc3)c3ccccc3-c3c(Nc4cccc5ccccc45)cccc32)cc1. The molecule has 0 fully saturated rings. The van der Waals surface area contributed by atoms with Gasteiger partial charge in [0.1, 0.15) is 0 Å². The zero-order valence-corrected chi connectivity index (χ0v) is 19.9. The Morgan fingerprint density at radius 1 is 0.417 bits per heavy atom. The molecule has 0 amide bonds. The van der Waals surface area contributed by atoms with Gasteiger partial charge in [-0.25, -0.2) is 0 Å². The van der Waals surface area contributed by atoms with E-state index in [2.05, 4.69) is 151 Å². The molecule has 0 spiro atoms. The number of benzene rings is 6. The summed E-state index contributed by atoms with van der Waals surface area (Å²) in [7, 11) is 0. The monoisotopic (exact) mass is 459 g/mol. The van der Waals surface area contributed by atoms with Gasteiger partial charge in [-0.1, -0.05) is 133 Å². The summed E-state index contributed by atoms with van der Waals surface area (Å²) in [5.41, 5.74) is 9.62. The smallest absolute Gasteiger partial charge is 0.0714 e. The number of hydrogen-bond acceptors (Lipinski definition) is 1. The molecule has 170 valence electrons. The number of anilines is 2. The molecule has 0 radical (unpaired) electrons. The van der Waals surface area contributed by atoms with Crippen LogP contribution in [0.5, 0.6) is 0 Å². The highest BCUT2D eigenvalue weighted by molar-refractivity contribution is 5.99. The van der Waals surface area contributed by atoms with Crippen molar-refractivity contribution in [1.29, 1.82) is 0 Å². The van der Waals surface area contributed by atoms with E-state index in [0.29, 0.717) is 0 Å². The Hall–Kier alpha value is -4.62. The molecule has 0 saturated heterocycles. The van der Waals surface area contributed by atoms with Gasteiger partial charge in [-0.15, -0.1) is 0 Å². The van der Waals surface area contributed by atoms with Crippen molar-refractivity contribution in [1.82, 2.24) is 0 Å². The maximum Gasteiger partial charge on any atom is 0.0714 e.